The minimum atomic E-state index is -1.75. The molecule has 0 spiro atoms. The highest BCUT2D eigenvalue weighted by Gasteiger charge is 2.35. The van der Waals surface area contributed by atoms with Crippen molar-refractivity contribution in [3.05, 3.63) is 60.4 Å². The Hall–Kier alpha value is -2.53. The molecule has 0 fully saturated rings. The number of nitrogens with zero attached hydrogens (tertiary/aromatic N) is 1. The van der Waals surface area contributed by atoms with Crippen molar-refractivity contribution in [2.24, 2.45) is 0 Å². The average Bonchev–Trinajstić information content (AvgIpc) is 2.51. The molecule has 0 radical (unpaired) electrons. The molecule has 5 heteroatoms. The number of hydrogen-bond donors (Lipinski definition) is 1. The first-order valence-electron chi connectivity index (χ1n) is 5.64. The zero-order valence-electron chi connectivity index (χ0n) is 10.0. The summed E-state index contributed by atoms with van der Waals surface area (Å²) in [5, 5.41) is 0. The number of benzene rings is 1. The van der Waals surface area contributed by atoms with E-state index in [4.69, 9.17) is 4.84 Å². The first kappa shape index (κ1) is 12.9. The maximum Gasteiger partial charge on any atom is 0.246 e. The maximum atomic E-state index is 11.2. The lowest BCUT2D eigenvalue weighted by Crippen LogP contribution is -2.36. The summed E-state index contributed by atoms with van der Waals surface area (Å²) in [5.41, 5.74) is 1.69. The van der Waals surface area contributed by atoms with E-state index < -0.39 is 5.60 Å². The third-order valence-corrected chi connectivity index (χ3v) is 2.53. The smallest absolute Gasteiger partial charge is 0.246 e. The second kappa shape index (κ2) is 5.88. The molecule has 2 aromatic rings. The first-order chi connectivity index (χ1) is 9.30. The number of aldehydes is 2. The predicted molar refractivity (Wildman–Crippen MR) is 69.2 cm³/mol. The second-order valence-electron chi connectivity index (χ2n) is 3.81. The van der Waals surface area contributed by atoms with Crippen LogP contribution < -0.4 is 5.48 Å². The van der Waals surface area contributed by atoms with Crippen LogP contribution in [0, 0.1) is 0 Å². The highest BCUT2D eigenvalue weighted by molar-refractivity contribution is 5.88. The van der Waals surface area contributed by atoms with Crippen LogP contribution in [-0.4, -0.2) is 17.6 Å². The normalized spacial score (nSPS) is 10.7. The summed E-state index contributed by atoms with van der Waals surface area (Å²) in [4.78, 5) is 31.7. The van der Waals surface area contributed by atoms with Crippen molar-refractivity contribution in [3.63, 3.8) is 0 Å². The molecule has 1 aromatic heterocycles. The fraction of sp³-hybridized carbons (Fsp3) is 0.0714. The van der Waals surface area contributed by atoms with Gasteiger partial charge in [-0.25, -0.2) is 4.84 Å². The monoisotopic (exact) mass is 256 g/mol. The molecule has 0 atom stereocenters. The molecule has 0 unspecified atom stereocenters. The summed E-state index contributed by atoms with van der Waals surface area (Å²) in [6, 6.07) is 13.9. The zero-order valence-corrected chi connectivity index (χ0v) is 10.0. The topological polar surface area (TPSA) is 68.3 Å². The van der Waals surface area contributed by atoms with Crippen molar-refractivity contribution in [3.8, 4) is 0 Å². The number of pyridine rings is 1. The van der Waals surface area contributed by atoms with Gasteiger partial charge in [0.05, 0.1) is 11.4 Å². The highest BCUT2D eigenvalue weighted by Crippen LogP contribution is 2.20. The fourth-order valence-corrected chi connectivity index (χ4v) is 1.49. The average molecular weight is 256 g/mol. The molecule has 0 aliphatic rings. The van der Waals surface area contributed by atoms with Crippen molar-refractivity contribution in [1.29, 1.82) is 0 Å². The quantitative estimate of drug-likeness (QED) is 0.484. The summed E-state index contributed by atoms with van der Waals surface area (Å²) < 4.78 is 0. The molecule has 0 saturated carbocycles. The fourth-order valence-electron chi connectivity index (χ4n) is 1.49. The summed E-state index contributed by atoms with van der Waals surface area (Å²) in [6.45, 7) is 0. The van der Waals surface area contributed by atoms with Crippen LogP contribution in [0.3, 0.4) is 0 Å². The Labute approximate surface area is 110 Å². The van der Waals surface area contributed by atoms with Gasteiger partial charge < -0.3 is 0 Å². The molecule has 1 aromatic carbocycles. The summed E-state index contributed by atoms with van der Waals surface area (Å²) in [6.07, 6.45) is 2.32. The number of hydrogen-bond acceptors (Lipinski definition) is 5. The zero-order chi connectivity index (χ0) is 13.6. The summed E-state index contributed by atoms with van der Waals surface area (Å²) >= 11 is 0. The SMILES string of the molecule is O=CC(C=O)(ONc1ccccc1)c1ccccn1. The van der Waals surface area contributed by atoms with Crippen LogP contribution >= 0.6 is 0 Å². The van der Waals surface area contributed by atoms with Crippen molar-refractivity contribution in [2.75, 3.05) is 5.48 Å². The number of rotatable bonds is 6. The Kier molecular flexibility index (Phi) is 4.00. The highest BCUT2D eigenvalue weighted by atomic mass is 16.7. The number of carbonyl (C=O) groups is 2. The number of anilines is 1. The van der Waals surface area contributed by atoms with Crippen molar-refractivity contribution < 1.29 is 14.4 Å². The van der Waals surface area contributed by atoms with Gasteiger partial charge in [0.15, 0.2) is 12.6 Å². The van der Waals surface area contributed by atoms with Gasteiger partial charge in [-0.05, 0) is 24.3 Å². The van der Waals surface area contributed by atoms with Crippen molar-refractivity contribution in [1.82, 2.24) is 4.98 Å². The number of aromatic nitrogens is 1. The minimum absolute atomic E-state index is 0.225. The van der Waals surface area contributed by atoms with Gasteiger partial charge in [-0.3, -0.25) is 20.1 Å². The van der Waals surface area contributed by atoms with E-state index in [1.54, 1.807) is 42.5 Å². The van der Waals surface area contributed by atoms with Gasteiger partial charge in [0.1, 0.15) is 0 Å². The second-order valence-corrected chi connectivity index (χ2v) is 3.81. The van der Waals surface area contributed by atoms with Crippen molar-refractivity contribution in [2.45, 2.75) is 5.60 Å². The van der Waals surface area contributed by atoms with E-state index in [0.29, 0.717) is 18.3 Å². The predicted octanol–water partition coefficient (Wildman–Crippen LogP) is 1.72. The third kappa shape index (κ3) is 2.83. The molecule has 0 aliphatic heterocycles. The Morgan fingerprint density at radius 3 is 2.26 bits per heavy atom. The van der Waals surface area contributed by atoms with E-state index >= 15 is 0 Å². The van der Waals surface area contributed by atoms with E-state index in [1.807, 2.05) is 6.07 Å². The lowest BCUT2D eigenvalue weighted by atomic mass is 10.0. The van der Waals surface area contributed by atoms with Gasteiger partial charge >= 0.3 is 0 Å². The number of carbonyl (C=O) groups excluding carboxylic acids is 2. The van der Waals surface area contributed by atoms with Crippen LogP contribution in [0.25, 0.3) is 0 Å². The molecule has 1 N–H and O–H groups in total. The summed E-state index contributed by atoms with van der Waals surface area (Å²) in [7, 11) is 0. The molecule has 0 bridgehead atoms. The van der Waals surface area contributed by atoms with Crippen LogP contribution in [0.15, 0.2) is 54.7 Å². The molecular weight excluding hydrogens is 244 g/mol. The van der Waals surface area contributed by atoms with Crippen LogP contribution in [0.5, 0.6) is 0 Å². The van der Waals surface area contributed by atoms with Gasteiger partial charge in [0, 0.05) is 6.20 Å². The Balaban J connectivity index is 2.21. The maximum absolute atomic E-state index is 11.2. The van der Waals surface area contributed by atoms with E-state index in [-0.39, 0.29) is 5.69 Å². The van der Waals surface area contributed by atoms with E-state index in [2.05, 4.69) is 10.5 Å². The van der Waals surface area contributed by atoms with Crippen LogP contribution in [0.4, 0.5) is 5.69 Å². The lowest BCUT2D eigenvalue weighted by molar-refractivity contribution is -0.140. The molecular formula is C14H12N2O3. The first-order valence-corrected chi connectivity index (χ1v) is 5.64. The van der Waals surface area contributed by atoms with Gasteiger partial charge in [-0.2, -0.15) is 0 Å². The molecule has 96 valence electrons. The molecule has 5 nitrogen and oxygen atoms in total. The molecule has 0 aliphatic carbocycles. The van der Waals surface area contributed by atoms with Gasteiger partial charge in [0.25, 0.3) is 0 Å². The van der Waals surface area contributed by atoms with Gasteiger partial charge in [-0.1, -0.05) is 24.3 Å². The largest absolute Gasteiger partial charge is 0.299 e. The van der Waals surface area contributed by atoms with Crippen LogP contribution in [-0.2, 0) is 20.0 Å². The Bertz CT molecular complexity index is 535. The third-order valence-electron chi connectivity index (χ3n) is 2.53. The molecule has 0 amide bonds. The van der Waals surface area contributed by atoms with Gasteiger partial charge in [0.2, 0.25) is 5.60 Å². The Morgan fingerprint density at radius 1 is 1.00 bits per heavy atom. The summed E-state index contributed by atoms with van der Waals surface area (Å²) in [5.74, 6) is 0. The molecule has 19 heavy (non-hydrogen) atoms. The van der Waals surface area contributed by atoms with Crippen LogP contribution in [0.1, 0.15) is 5.69 Å². The van der Waals surface area contributed by atoms with E-state index in [9.17, 15) is 9.59 Å². The molecule has 0 saturated heterocycles. The molecule has 2 rings (SSSR count). The molecule has 1 heterocycles. The van der Waals surface area contributed by atoms with Gasteiger partial charge in [-0.15, -0.1) is 0 Å². The van der Waals surface area contributed by atoms with E-state index in [0.717, 1.165) is 0 Å². The lowest BCUT2D eigenvalue weighted by Gasteiger charge is -2.21. The van der Waals surface area contributed by atoms with E-state index in [1.165, 1.54) is 6.20 Å². The van der Waals surface area contributed by atoms with Crippen LogP contribution in [0.2, 0.25) is 0 Å². The standard InChI is InChI=1S/C14H12N2O3/c17-10-14(11-18,13-8-4-5-9-15-13)19-16-12-6-2-1-3-7-12/h1-11,16H. The number of para-hydroxylation sites is 1. The number of nitrogens with one attached hydrogen (secondary N) is 1. The van der Waals surface area contributed by atoms with Crippen molar-refractivity contribution >= 4 is 18.3 Å². The minimum Gasteiger partial charge on any atom is -0.299 e. The Morgan fingerprint density at radius 2 is 1.68 bits per heavy atom.